The van der Waals surface area contributed by atoms with Crippen LogP contribution in [-0.2, 0) is 0 Å². The van der Waals surface area contributed by atoms with Gasteiger partial charge in [0.25, 0.3) is 0 Å². The zero-order valence-electron chi connectivity index (χ0n) is 10.7. The molecule has 18 heavy (non-hydrogen) atoms. The van der Waals surface area contributed by atoms with Crippen molar-refractivity contribution in [2.24, 2.45) is 5.41 Å². The van der Waals surface area contributed by atoms with Gasteiger partial charge in [-0.25, -0.2) is 4.79 Å². The summed E-state index contributed by atoms with van der Waals surface area (Å²) in [5, 5.41) is 12.3. The van der Waals surface area contributed by atoms with E-state index >= 15 is 0 Å². The SMILES string of the molecule is CC1(CNc2cccc(C(=O)O)c2N)CCCC1. The van der Waals surface area contributed by atoms with E-state index in [-0.39, 0.29) is 5.56 Å². The van der Waals surface area contributed by atoms with Crippen LogP contribution in [0.1, 0.15) is 43.0 Å². The normalized spacial score (nSPS) is 17.6. The molecule has 1 fully saturated rings. The lowest BCUT2D eigenvalue weighted by molar-refractivity contribution is 0.0698. The van der Waals surface area contributed by atoms with Crippen molar-refractivity contribution in [2.45, 2.75) is 32.6 Å². The van der Waals surface area contributed by atoms with E-state index in [0.29, 0.717) is 11.1 Å². The predicted molar refractivity (Wildman–Crippen MR) is 72.9 cm³/mol. The highest BCUT2D eigenvalue weighted by Gasteiger charge is 2.28. The first-order valence-corrected chi connectivity index (χ1v) is 6.37. The predicted octanol–water partition coefficient (Wildman–Crippen LogP) is 2.96. The molecular weight excluding hydrogens is 228 g/mol. The minimum atomic E-state index is -0.983. The second-order valence-corrected chi connectivity index (χ2v) is 5.44. The quantitative estimate of drug-likeness (QED) is 0.716. The van der Waals surface area contributed by atoms with Crippen LogP contribution in [0.25, 0.3) is 0 Å². The van der Waals surface area contributed by atoms with Crippen LogP contribution < -0.4 is 11.1 Å². The van der Waals surface area contributed by atoms with Gasteiger partial charge in [0.15, 0.2) is 0 Å². The van der Waals surface area contributed by atoms with Gasteiger partial charge in [0.2, 0.25) is 0 Å². The minimum absolute atomic E-state index is 0.163. The van der Waals surface area contributed by atoms with Gasteiger partial charge in [-0.1, -0.05) is 25.8 Å². The average Bonchev–Trinajstić information content (AvgIpc) is 2.75. The molecule has 0 saturated heterocycles. The van der Waals surface area contributed by atoms with E-state index in [4.69, 9.17) is 10.8 Å². The Morgan fingerprint density at radius 1 is 1.44 bits per heavy atom. The number of nitrogen functional groups attached to an aromatic ring is 1. The van der Waals surface area contributed by atoms with Crippen LogP contribution in [0.15, 0.2) is 18.2 Å². The smallest absolute Gasteiger partial charge is 0.337 e. The molecule has 1 aromatic rings. The lowest BCUT2D eigenvalue weighted by Crippen LogP contribution is -2.23. The van der Waals surface area contributed by atoms with Crippen LogP contribution in [0.3, 0.4) is 0 Å². The van der Waals surface area contributed by atoms with Crippen LogP contribution in [0.2, 0.25) is 0 Å². The molecule has 4 N–H and O–H groups in total. The third-order valence-electron chi connectivity index (χ3n) is 3.85. The summed E-state index contributed by atoms with van der Waals surface area (Å²) in [7, 11) is 0. The number of rotatable bonds is 4. The molecule has 0 aliphatic heterocycles. The standard InChI is InChI=1S/C14H20N2O2/c1-14(7-2-3-8-14)9-16-11-6-4-5-10(12(11)15)13(17)18/h4-6,16H,2-3,7-9,15H2,1H3,(H,17,18). The molecule has 1 saturated carbocycles. The number of carboxylic acid groups (broad SMARTS) is 1. The summed E-state index contributed by atoms with van der Waals surface area (Å²) in [6.45, 7) is 3.12. The van der Waals surface area contributed by atoms with E-state index in [0.717, 1.165) is 12.2 Å². The average molecular weight is 248 g/mol. The Hall–Kier alpha value is -1.71. The van der Waals surface area contributed by atoms with Crippen molar-refractivity contribution in [3.05, 3.63) is 23.8 Å². The van der Waals surface area contributed by atoms with E-state index in [1.807, 2.05) is 6.07 Å². The topological polar surface area (TPSA) is 75.3 Å². The van der Waals surface area contributed by atoms with Gasteiger partial charge in [0.05, 0.1) is 16.9 Å². The molecule has 1 aliphatic rings. The van der Waals surface area contributed by atoms with E-state index in [1.165, 1.54) is 31.7 Å². The molecule has 0 bridgehead atoms. The molecule has 0 atom stereocenters. The van der Waals surface area contributed by atoms with Crippen LogP contribution in [-0.4, -0.2) is 17.6 Å². The maximum absolute atomic E-state index is 11.0. The third-order valence-corrected chi connectivity index (χ3v) is 3.85. The maximum atomic E-state index is 11.0. The number of para-hydroxylation sites is 1. The number of nitrogens with two attached hydrogens (primary N) is 1. The van der Waals surface area contributed by atoms with Crippen molar-refractivity contribution in [3.8, 4) is 0 Å². The molecule has 4 heteroatoms. The summed E-state index contributed by atoms with van der Waals surface area (Å²) in [5.74, 6) is -0.983. The summed E-state index contributed by atoms with van der Waals surface area (Å²) in [6, 6.07) is 5.08. The largest absolute Gasteiger partial charge is 0.478 e. The Balaban J connectivity index is 2.10. The van der Waals surface area contributed by atoms with Gasteiger partial charge in [0.1, 0.15) is 0 Å². The first kappa shape index (κ1) is 12.7. The second-order valence-electron chi connectivity index (χ2n) is 5.44. The van der Waals surface area contributed by atoms with E-state index in [9.17, 15) is 4.79 Å². The number of anilines is 2. The van der Waals surface area contributed by atoms with Gasteiger partial charge in [-0.05, 0) is 30.4 Å². The maximum Gasteiger partial charge on any atom is 0.337 e. The number of nitrogens with one attached hydrogen (secondary N) is 1. The van der Waals surface area contributed by atoms with Crippen molar-refractivity contribution >= 4 is 17.3 Å². The molecule has 98 valence electrons. The van der Waals surface area contributed by atoms with E-state index < -0.39 is 5.97 Å². The van der Waals surface area contributed by atoms with Gasteiger partial charge in [-0.3, -0.25) is 0 Å². The van der Waals surface area contributed by atoms with Crippen LogP contribution in [0.5, 0.6) is 0 Å². The third kappa shape index (κ3) is 2.58. The molecule has 4 nitrogen and oxygen atoms in total. The molecule has 0 aromatic heterocycles. The van der Waals surface area contributed by atoms with Crippen molar-refractivity contribution in [2.75, 3.05) is 17.6 Å². The highest BCUT2D eigenvalue weighted by Crippen LogP contribution is 2.38. The molecule has 0 amide bonds. The highest BCUT2D eigenvalue weighted by atomic mass is 16.4. The van der Waals surface area contributed by atoms with Crippen LogP contribution >= 0.6 is 0 Å². The first-order chi connectivity index (χ1) is 8.52. The lowest BCUT2D eigenvalue weighted by Gasteiger charge is -2.25. The fourth-order valence-corrected chi connectivity index (χ4v) is 2.62. The van der Waals surface area contributed by atoms with Crippen LogP contribution in [0.4, 0.5) is 11.4 Å². The fraction of sp³-hybridized carbons (Fsp3) is 0.500. The van der Waals surface area contributed by atoms with Gasteiger partial charge in [-0.2, -0.15) is 0 Å². The number of hydrogen-bond acceptors (Lipinski definition) is 3. The molecule has 0 unspecified atom stereocenters. The Kier molecular flexibility index (Phi) is 3.45. The number of aromatic carboxylic acids is 1. The number of carboxylic acids is 1. The summed E-state index contributed by atoms with van der Waals surface area (Å²) in [5.41, 5.74) is 7.39. The molecule has 0 heterocycles. The second kappa shape index (κ2) is 4.88. The zero-order chi connectivity index (χ0) is 13.2. The Morgan fingerprint density at radius 2 is 2.11 bits per heavy atom. The van der Waals surface area contributed by atoms with E-state index in [1.54, 1.807) is 6.07 Å². The molecular formula is C14H20N2O2. The molecule has 1 aromatic carbocycles. The molecule has 1 aliphatic carbocycles. The Labute approximate surface area is 107 Å². The Morgan fingerprint density at radius 3 is 2.72 bits per heavy atom. The highest BCUT2D eigenvalue weighted by molar-refractivity contribution is 5.97. The molecule has 2 rings (SSSR count). The summed E-state index contributed by atoms with van der Waals surface area (Å²) >= 11 is 0. The van der Waals surface area contributed by atoms with Crippen molar-refractivity contribution in [1.29, 1.82) is 0 Å². The monoisotopic (exact) mass is 248 g/mol. The molecule has 0 spiro atoms. The summed E-state index contributed by atoms with van der Waals surface area (Å²) in [6.07, 6.45) is 5.00. The van der Waals surface area contributed by atoms with Crippen LogP contribution in [0, 0.1) is 5.41 Å². The van der Waals surface area contributed by atoms with Gasteiger partial charge in [-0.15, -0.1) is 0 Å². The van der Waals surface area contributed by atoms with Gasteiger partial charge >= 0.3 is 5.97 Å². The van der Waals surface area contributed by atoms with Gasteiger partial charge < -0.3 is 16.2 Å². The van der Waals surface area contributed by atoms with E-state index in [2.05, 4.69) is 12.2 Å². The van der Waals surface area contributed by atoms with Crippen molar-refractivity contribution in [3.63, 3.8) is 0 Å². The summed E-state index contributed by atoms with van der Waals surface area (Å²) < 4.78 is 0. The van der Waals surface area contributed by atoms with Gasteiger partial charge in [0, 0.05) is 6.54 Å². The minimum Gasteiger partial charge on any atom is -0.478 e. The number of carbonyl (C=O) groups is 1. The zero-order valence-corrected chi connectivity index (χ0v) is 10.7. The number of hydrogen-bond donors (Lipinski definition) is 3. The Bertz CT molecular complexity index is 451. The lowest BCUT2D eigenvalue weighted by atomic mass is 9.89. The van der Waals surface area contributed by atoms with Crippen molar-refractivity contribution < 1.29 is 9.90 Å². The number of benzene rings is 1. The van der Waals surface area contributed by atoms with Crippen molar-refractivity contribution in [1.82, 2.24) is 0 Å². The molecule has 0 radical (unpaired) electrons. The first-order valence-electron chi connectivity index (χ1n) is 6.37. The summed E-state index contributed by atoms with van der Waals surface area (Å²) in [4.78, 5) is 11.0. The fourth-order valence-electron chi connectivity index (χ4n) is 2.62.